The molecule has 0 saturated carbocycles. The number of aromatic nitrogens is 1. The van der Waals surface area contributed by atoms with Gasteiger partial charge in [-0.2, -0.15) is 0 Å². The smallest absolute Gasteiger partial charge is 0.243 e. The second-order valence-corrected chi connectivity index (χ2v) is 4.19. The van der Waals surface area contributed by atoms with Crippen molar-refractivity contribution in [1.29, 1.82) is 0 Å². The maximum atomic E-state index is 11.4. The summed E-state index contributed by atoms with van der Waals surface area (Å²) in [4.78, 5) is 26.7. The van der Waals surface area contributed by atoms with Gasteiger partial charge in [0.1, 0.15) is 0 Å². The molecule has 2 amide bonds. The first-order valence-corrected chi connectivity index (χ1v) is 5.16. The molecule has 1 aromatic rings. The Morgan fingerprint density at radius 2 is 2.00 bits per heavy atom. The van der Waals surface area contributed by atoms with Crippen molar-refractivity contribution in [3.8, 4) is 0 Å². The molecule has 0 aliphatic carbocycles. The van der Waals surface area contributed by atoms with Crippen molar-refractivity contribution in [3.63, 3.8) is 0 Å². The molecule has 6 nitrogen and oxygen atoms in total. The van der Waals surface area contributed by atoms with Gasteiger partial charge in [-0.3, -0.25) is 14.6 Å². The van der Waals surface area contributed by atoms with Crippen molar-refractivity contribution in [1.82, 2.24) is 10.3 Å². The number of amides is 2. The predicted octanol–water partition coefficient (Wildman–Crippen LogP) is 0.717. The van der Waals surface area contributed by atoms with Crippen LogP contribution in [-0.4, -0.2) is 28.9 Å². The zero-order valence-electron chi connectivity index (χ0n) is 10.7. The predicted molar refractivity (Wildman–Crippen MR) is 78.6 cm³/mol. The minimum absolute atomic E-state index is 0. The molecule has 1 heterocycles. The maximum absolute atomic E-state index is 11.4. The monoisotopic (exact) mass is 308 g/mol. The summed E-state index contributed by atoms with van der Waals surface area (Å²) in [6.07, 6.45) is 3.13. The largest absolute Gasteiger partial charge is 0.345 e. The molecule has 0 aliphatic heterocycles. The standard InChI is InChI=1S/C11H16N4O2.2ClH/c1-11(2,12)10(17)14-7-9(16)15-8-4-3-5-13-6-8;;/h3-6H,7,12H2,1-2H3,(H,14,17)(H,15,16);2*1H. The topological polar surface area (TPSA) is 97.1 Å². The number of carbonyl (C=O) groups excluding carboxylic acids is 2. The Kier molecular flexibility index (Phi) is 9.12. The third kappa shape index (κ3) is 7.61. The first kappa shape index (κ1) is 20.0. The van der Waals surface area contributed by atoms with E-state index in [0.717, 1.165) is 0 Å². The SMILES string of the molecule is CC(C)(N)C(=O)NCC(=O)Nc1cccnc1.Cl.Cl. The maximum Gasteiger partial charge on any atom is 0.243 e. The summed E-state index contributed by atoms with van der Waals surface area (Å²) >= 11 is 0. The highest BCUT2D eigenvalue weighted by Gasteiger charge is 2.21. The summed E-state index contributed by atoms with van der Waals surface area (Å²) in [6.45, 7) is 3.02. The van der Waals surface area contributed by atoms with Crippen LogP contribution in [0.15, 0.2) is 24.5 Å². The average Bonchev–Trinajstić information content (AvgIpc) is 2.26. The van der Waals surface area contributed by atoms with Crippen LogP contribution in [0.4, 0.5) is 5.69 Å². The van der Waals surface area contributed by atoms with Crippen molar-refractivity contribution in [3.05, 3.63) is 24.5 Å². The van der Waals surface area contributed by atoms with E-state index in [4.69, 9.17) is 5.73 Å². The van der Waals surface area contributed by atoms with Crippen molar-refractivity contribution < 1.29 is 9.59 Å². The van der Waals surface area contributed by atoms with Crippen LogP contribution < -0.4 is 16.4 Å². The fourth-order valence-corrected chi connectivity index (χ4v) is 1.03. The van der Waals surface area contributed by atoms with Crippen LogP contribution >= 0.6 is 24.8 Å². The molecule has 0 atom stereocenters. The molecule has 0 fully saturated rings. The van der Waals surface area contributed by atoms with E-state index in [1.807, 2.05) is 0 Å². The molecule has 1 rings (SSSR count). The van der Waals surface area contributed by atoms with E-state index < -0.39 is 5.54 Å². The quantitative estimate of drug-likeness (QED) is 0.763. The molecule has 8 heteroatoms. The molecule has 19 heavy (non-hydrogen) atoms. The zero-order chi connectivity index (χ0) is 12.9. The molecule has 1 aromatic heterocycles. The molecular weight excluding hydrogens is 291 g/mol. The molecule has 0 saturated heterocycles. The first-order valence-electron chi connectivity index (χ1n) is 5.16. The minimum atomic E-state index is -0.991. The highest BCUT2D eigenvalue weighted by molar-refractivity contribution is 5.95. The van der Waals surface area contributed by atoms with Gasteiger partial charge < -0.3 is 16.4 Å². The van der Waals surface area contributed by atoms with E-state index in [1.54, 1.807) is 32.2 Å². The lowest BCUT2D eigenvalue weighted by molar-refractivity contribution is -0.127. The minimum Gasteiger partial charge on any atom is -0.345 e. The Morgan fingerprint density at radius 3 is 2.47 bits per heavy atom. The Morgan fingerprint density at radius 1 is 1.37 bits per heavy atom. The molecule has 0 unspecified atom stereocenters. The number of pyridine rings is 1. The summed E-state index contributed by atoms with van der Waals surface area (Å²) in [6, 6.07) is 3.41. The number of carbonyl (C=O) groups is 2. The van der Waals surface area contributed by atoms with E-state index in [-0.39, 0.29) is 43.2 Å². The molecule has 0 radical (unpaired) electrons. The second kappa shape index (κ2) is 8.68. The van der Waals surface area contributed by atoms with Gasteiger partial charge >= 0.3 is 0 Å². The molecule has 0 bridgehead atoms. The summed E-state index contributed by atoms with van der Waals surface area (Å²) in [7, 11) is 0. The molecule has 4 N–H and O–H groups in total. The van der Waals surface area contributed by atoms with Crippen LogP contribution in [0.1, 0.15) is 13.8 Å². The van der Waals surface area contributed by atoms with Crippen LogP contribution in [0.2, 0.25) is 0 Å². The number of nitrogens with one attached hydrogen (secondary N) is 2. The van der Waals surface area contributed by atoms with Gasteiger partial charge in [-0.1, -0.05) is 0 Å². The molecule has 0 spiro atoms. The summed E-state index contributed by atoms with van der Waals surface area (Å²) in [5.41, 5.74) is 5.15. The molecule has 0 aromatic carbocycles. The van der Waals surface area contributed by atoms with Crippen molar-refractivity contribution >= 4 is 42.3 Å². The van der Waals surface area contributed by atoms with Gasteiger partial charge in [-0.15, -0.1) is 24.8 Å². The fraction of sp³-hybridized carbons (Fsp3) is 0.364. The van der Waals surface area contributed by atoms with E-state index >= 15 is 0 Å². The van der Waals surface area contributed by atoms with E-state index in [1.165, 1.54) is 6.20 Å². The zero-order valence-corrected chi connectivity index (χ0v) is 12.3. The molecule has 108 valence electrons. The van der Waals surface area contributed by atoms with Gasteiger partial charge in [0.2, 0.25) is 11.8 Å². The second-order valence-electron chi connectivity index (χ2n) is 4.19. The van der Waals surface area contributed by atoms with Crippen molar-refractivity contribution in [2.45, 2.75) is 19.4 Å². The highest BCUT2D eigenvalue weighted by atomic mass is 35.5. The van der Waals surface area contributed by atoms with Crippen LogP contribution in [0, 0.1) is 0 Å². The third-order valence-corrected chi connectivity index (χ3v) is 1.94. The highest BCUT2D eigenvalue weighted by Crippen LogP contribution is 2.01. The van der Waals surface area contributed by atoms with Crippen LogP contribution in [-0.2, 0) is 9.59 Å². The normalized spacial score (nSPS) is 9.63. The summed E-state index contributed by atoms with van der Waals surface area (Å²) in [5, 5.41) is 5.04. The number of halogens is 2. The van der Waals surface area contributed by atoms with E-state index in [2.05, 4.69) is 15.6 Å². The summed E-state index contributed by atoms with van der Waals surface area (Å²) < 4.78 is 0. The average molecular weight is 309 g/mol. The molecule has 0 aliphatic rings. The lowest BCUT2D eigenvalue weighted by Crippen LogP contribution is -2.50. The number of rotatable bonds is 4. The van der Waals surface area contributed by atoms with Gasteiger partial charge in [-0.25, -0.2) is 0 Å². The number of nitrogens with two attached hydrogens (primary N) is 1. The van der Waals surface area contributed by atoms with Gasteiger partial charge in [-0.05, 0) is 26.0 Å². The van der Waals surface area contributed by atoms with Gasteiger partial charge in [0.25, 0.3) is 0 Å². The lowest BCUT2D eigenvalue weighted by atomic mass is 10.1. The van der Waals surface area contributed by atoms with Gasteiger partial charge in [0.05, 0.1) is 24.0 Å². The van der Waals surface area contributed by atoms with Crippen LogP contribution in [0.25, 0.3) is 0 Å². The number of hydrogen-bond acceptors (Lipinski definition) is 4. The fourth-order valence-electron chi connectivity index (χ4n) is 1.03. The third-order valence-electron chi connectivity index (χ3n) is 1.94. The van der Waals surface area contributed by atoms with Crippen LogP contribution in [0.3, 0.4) is 0 Å². The van der Waals surface area contributed by atoms with E-state index in [0.29, 0.717) is 5.69 Å². The number of hydrogen-bond donors (Lipinski definition) is 3. The lowest BCUT2D eigenvalue weighted by Gasteiger charge is -2.17. The Bertz CT molecular complexity index is 407. The van der Waals surface area contributed by atoms with Gasteiger partial charge in [0.15, 0.2) is 0 Å². The number of anilines is 1. The Balaban J connectivity index is 0. The van der Waals surface area contributed by atoms with Crippen molar-refractivity contribution in [2.75, 3.05) is 11.9 Å². The van der Waals surface area contributed by atoms with Crippen molar-refractivity contribution in [2.24, 2.45) is 5.73 Å². The Labute approximate surface area is 124 Å². The van der Waals surface area contributed by atoms with Gasteiger partial charge in [0, 0.05) is 6.20 Å². The number of nitrogens with zero attached hydrogens (tertiary/aromatic N) is 1. The molecular formula is C11H18Cl2N4O2. The van der Waals surface area contributed by atoms with Crippen LogP contribution in [0.5, 0.6) is 0 Å². The Hall–Kier alpha value is -1.37. The first-order chi connectivity index (χ1) is 7.89. The summed E-state index contributed by atoms with van der Waals surface area (Å²) in [5.74, 6) is -0.700. The van der Waals surface area contributed by atoms with E-state index in [9.17, 15) is 9.59 Å².